The molecule has 0 radical (unpaired) electrons. The quantitative estimate of drug-likeness (QED) is 0.480. The van der Waals surface area contributed by atoms with Crippen LogP contribution in [0, 0.1) is 0 Å². The van der Waals surface area contributed by atoms with Crippen LogP contribution in [-0.4, -0.2) is 57.9 Å². The number of rotatable bonds is 9. The average molecular weight is 489 g/mol. The molecule has 0 unspecified atom stereocenters. The number of nitrogens with one attached hydrogen (secondary N) is 1. The molecule has 1 saturated carbocycles. The Kier molecular flexibility index (Phi) is 7.01. The number of aromatic nitrogens is 1. The lowest BCUT2D eigenvalue weighted by Gasteiger charge is -2.45. The first-order chi connectivity index (χ1) is 17.5. The monoisotopic (exact) mass is 488 g/mol. The summed E-state index contributed by atoms with van der Waals surface area (Å²) in [6.07, 6.45) is 6.71. The summed E-state index contributed by atoms with van der Waals surface area (Å²) < 4.78 is 7.58. The molecule has 0 saturated heterocycles. The van der Waals surface area contributed by atoms with Crippen LogP contribution in [0.25, 0.3) is 11.5 Å². The average Bonchev–Trinajstić information content (AvgIpc) is 3.64. The van der Waals surface area contributed by atoms with Gasteiger partial charge in [0.2, 0.25) is 5.91 Å². The van der Waals surface area contributed by atoms with Crippen molar-refractivity contribution in [1.29, 1.82) is 0 Å². The Balaban J connectivity index is 1.35. The van der Waals surface area contributed by atoms with Crippen LogP contribution in [0.1, 0.15) is 55.1 Å². The van der Waals surface area contributed by atoms with E-state index >= 15 is 0 Å². The van der Waals surface area contributed by atoms with Crippen LogP contribution in [-0.2, 0) is 17.9 Å². The van der Waals surface area contributed by atoms with E-state index in [-0.39, 0.29) is 17.9 Å². The van der Waals surface area contributed by atoms with Gasteiger partial charge in [-0.15, -0.1) is 0 Å². The minimum Gasteiger partial charge on any atom is -0.463 e. The van der Waals surface area contributed by atoms with Crippen molar-refractivity contribution in [3.05, 3.63) is 72.1 Å². The van der Waals surface area contributed by atoms with E-state index in [0.717, 1.165) is 50.9 Å². The first kappa shape index (κ1) is 24.4. The lowest BCUT2D eigenvalue weighted by atomic mass is 9.93. The zero-order valence-electron chi connectivity index (χ0n) is 21.3. The molecule has 1 N–H and O–H groups in total. The van der Waals surface area contributed by atoms with Gasteiger partial charge in [-0.3, -0.25) is 9.59 Å². The molecule has 1 aliphatic carbocycles. The van der Waals surface area contributed by atoms with Crippen molar-refractivity contribution in [3.63, 3.8) is 0 Å². The Labute approximate surface area is 213 Å². The number of hydrogen-bond acceptors (Lipinski definition) is 4. The molecule has 36 heavy (non-hydrogen) atoms. The highest BCUT2D eigenvalue weighted by Crippen LogP contribution is 2.34. The van der Waals surface area contributed by atoms with Crippen LogP contribution < -0.4 is 5.32 Å². The Bertz CT molecular complexity index is 1180. The largest absolute Gasteiger partial charge is 0.463 e. The van der Waals surface area contributed by atoms with E-state index < -0.39 is 5.54 Å². The lowest BCUT2D eigenvalue weighted by Crippen LogP contribution is -2.65. The van der Waals surface area contributed by atoms with E-state index in [2.05, 4.69) is 41.5 Å². The minimum absolute atomic E-state index is 0.0647. The van der Waals surface area contributed by atoms with Crippen molar-refractivity contribution >= 4 is 11.8 Å². The van der Waals surface area contributed by atoms with Gasteiger partial charge in [0.15, 0.2) is 0 Å². The third-order valence-corrected chi connectivity index (χ3v) is 7.68. The summed E-state index contributed by atoms with van der Waals surface area (Å²) >= 11 is 0. The summed E-state index contributed by atoms with van der Waals surface area (Å²) in [4.78, 5) is 31.6. The normalized spacial score (nSPS) is 20.2. The van der Waals surface area contributed by atoms with Crippen molar-refractivity contribution in [2.24, 2.45) is 0 Å². The number of carbonyl (C=O) groups excluding carboxylic acids is 2. The number of furan rings is 1. The van der Waals surface area contributed by atoms with Gasteiger partial charge in [-0.05, 0) is 69.6 Å². The van der Waals surface area contributed by atoms with Crippen LogP contribution >= 0.6 is 0 Å². The number of carbonyl (C=O) groups is 2. The number of nitrogens with zero attached hydrogens (tertiary/aromatic N) is 3. The fraction of sp³-hybridized carbons (Fsp3) is 0.448. The molecule has 2 aromatic heterocycles. The molecular weight excluding hydrogens is 452 g/mol. The molecule has 7 nitrogen and oxygen atoms in total. The summed E-state index contributed by atoms with van der Waals surface area (Å²) in [6.45, 7) is 4.52. The molecule has 0 spiro atoms. The van der Waals surface area contributed by atoms with Crippen molar-refractivity contribution in [2.75, 3.05) is 20.1 Å². The topological polar surface area (TPSA) is 70.7 Å². The van der Waals surface area contributed by atoms with Gasteiger partial charge >= 0.3 is 0 Å². The summed E-state index contributed by atoms with van der Waals surface area (Å²) in [5.74, 6) is 0.530. The maximum Gasteiger partial charge on any atom is 0.271 e. The Morgan fingerprint density at radius 1 is 1.08 bits per heavy atom. The summed E-state index contributed by atoms with van der Waals surface area (Å²) in [5.41, 5.74) is 1.71. The van der Waals surface area contributed by atoms with Crippen molar-refractivity contribution in [3.8, 4) is 11.5 Å². The van der Waals surface area contributed by atoms with Gasteiger partial charge in [-0.1, -0.05) is 43.2 Å². The van der Waals surface area contributed by atoms with Crippen LogP contribution in [0.3, 0.4) is 0 Å². The van der Waals surface area contributed by atoms with E-state index in [4.69, 9.17) is 4.42 Å². The van der Waals surface area contributed by atoms with Crippen LogP contribution in [0.15, 0.2) is 65.3 Å². The molecule has 2 aliphatic rings. The first-order valence-electron chi connectivity index (χ1n) is 13.0. The predicted octanol–water partition coefficient (Wildman–Crippen LogP) is 4.54. The number of fused-ring (bicyclic) bond motifs is 1. The molecule has 1 aliphatic heterocycles. The number of amides is 2. The van der Waals surface area contributed by atoms with Gasteiger partial charge in [-0.25, -0.2) is 0 Å². The van der Waals surface area contributed by atoms with E-state index in [1.165, 1.54) is 5.56 Å². The summed E-state index contributed by atoms with van der Waals surface area (Å²) in [5, 5.41) is 3.27. The van der Waals surface area contributed by atoms with Crippen molar-refractivity contribution in [2.45, 2.75) is 63.7 Å². The van der Waals surface area contributed by atoms with Crippen molar-refractivity contribution < 1.29 is 14.0 Å². The fourth-order valence-electron chi connectivity index (χ4n) is 5.65. The zero-order chi connectivity index (χ0) is 25.1. The van der Waals surface area contributed by atoms with E-state index in [0.29, 0.717) is 24.5 Å². The van der Waals surface area contributed by atoms with Crippen molar-refractivity contribution in [1.82, 2.24) is 19.7 Å². The van der Waals surface area contributed by atoms with Gasteiger partial charge in [-0.2, -0.15) is 0 Å². The summed E-state index contributed by atoms with van der Waals surface area (Å²) in [6, 6.07) is 18.1. The van der Waals surface area contributed by atoms with Crippen LogP contribution in [0.2, 0.25) is 0 Å². The van der Waals surface area contributed by atoms with E-state index in [9.17, 15) is 9.59 Å². The summed E-state index contributed by atoms with van der Waals surface area (Å²) in [7, 11) is 2.10. The van der Waals surface area contributed by atoms with Gasteiger partial charge in [0.1, 0.15) is 17.0 Å². The predicted molar refractivity (Wildman–Crippen MR) is 139 cm³/mol. The van der Waals surface area contributed by atoms with E-state index in [1.807, 2.05) is 41.8 Å². The third kappa shape index (κ3) is 4.85. The lowest BCUT2D eigenvalue weighted by molar-refractivity contribution is -0.133. The zero-order valence-corrected chi connectivity index (χ0v) is 21.3. The highest BCUT2D eigenvalue weighted by molar-refractivity contribution is 6.00. The Hall–Kier alpha value is -3.32. The van der Waals surface area contributed by atoms with Gasteiger partial charge in [0, 0.05) is 19.1 Å². The van der Waals surface area contributed by atoms with Gasteiger partial charge in [0.05, 0.1) is 18.5 Å². The molecular formula is C29H36N4O3. The second kappa shape index (κ2) is 10.3. The molecule has 2 amide bonds. The van der Waals surface area contributed by atoms with Crippen LogP contribution in [0.4, 0.5) is 0 Å². The Morgan fingerprint density at radius 2 is 1.83 bits per heavy atom. The highest BCUT2D eigenvalue weighted by Gasteiger charge is 2.48. The standard InChI is InChI=1S/C29H36N4O3/c1-29(28(35)30-23-12-6-7-13-23)21-32-24(26-14-8-19-36-26)15-16-25(32)27(34)33(29)18-9-17-31(2)20-22-10-4-3-5-11-22/h3-5,8,10-11,14-16,19,23H,6-7,9,12-13,17-18,20-21H2,1-2H3,(H,30,35)/t29-/m1/s1. The number of hydrogen-bond donors (Lipinski definition) is 1. The van der Waals surface area contributed by atoms with Crippen LogP contribution in [0.5, 0.6) is 0 Å². The molecule has 1 atom stereocenters. The van der Waals surface area contributed by atoms with Gasteiger partial charge < -0.3 is 24.1 Å². The second-order valence-electron chi connectivity index (χ2n) is 10.4. The molecule has 1 fully saturated rings. The second-order valence-corrected chi connectivity index (χ2v) is 10.4. The maximum atomic E-state index is 13.8. The van der Waals surface area contributed by atoms with Gasteiger partial charge in [0.25, 0.3) is 5.91 Å². The minimum atomic E-state index is -0.981. The molecule has 3 heterocycles. The molecule has 190 valence electrons. The maximum absolute atomic E-state index is 13.8. The highest BCUT2D eigenvalue weighted by atomic mass is 16.3. The SMILES string of the molecule is CN(CCCN1C(=O)c2ccc(-c3ccco3)n2C[C@]1(C)C(=O)NC1CCCC1)Cc1ccccc1. The molecule has 0 bridgehead atoms. The molecule has 5 rings (SSSR count). The third-order valence-electron chi connectivity index (χ3n) is 7.68. The molecule has 3 aromatic rings. The molecule has 1 aromatic carbocycles. The van der Waals surface area contributed by atoms with E-state index in [1.54, 1.807) is 11.2 Å². The number of benzene rings is 1. The Morgan fingerprint density at radius 3 is 2.56 bits per heavy atom. The first-order valence-corrected chi connectivity index (χ1v) is 13.0. The molecule has 7 heteroatoms. The fourth-order valence-corrected chi connectivity index (χ4v) is 5.65. The smallest absolute Gasteiger partial charge is 0.271 e.